The summed E-state index contributed by atoms with van der Waals surface area (Å²) in [5.41, 5.74) is 0.333. The van der Waals surface area contributed by atoms with Gasteiger partial charge in [-0.1, -0.05) is 18.2 Å². The van der Waals surface area contributed by atoms with Crippen molar-refractivity contribution in [2.24, 2.45) is 0 Å². The SMILES string of the molecule is COCOc1ccccc1B(O)O. The molecule has 0 saturated heterocycles. The molecule has 0 saturated carbocycles. The van der Waals surface area contributed by atoms with Gasteiger partial charge in [0.15, 0.2) is 6.79 Å². The van der Waals surface area contributed by atoms with Gasteiger partial charge in [-0.25, -0.2) is 0 Å². The average molecular weight is 182 g/mol. The van der Waals surface area contributed by atoms with Crippen LogP contribution in [0.3, 0.4) is 0 Å². The fraction of sp³-hybridized carbons (Fsp3) is 0.250. The number of hydrogen-bond donors (Lipinski definition) is 2. The quantitative estimate of drug-likeness (QED) is 0.479. The molecule has 0 bridgehead atoms. The Bertz CT molecular complexity index is 264. The van der Waals surface area contributed by atoms with E-state index in [2.05, 4.69) is 0 Å². The Balaban J connectivity index is 2.78. The van der Waals surface area contributed by atoms with E-state index in [9.17, 15) is 0 Å². The number of methoxy groups -OCH3 is 1. The Morgan fingerprint density at radius 3 is 2.62 bits per heavy atom. The molecule has 0 aliphatic rings. The molecule has 0 amide bonds. The summed E-state index contributed by atoms with van der Waals surface area (Å²) in [7, 11) is -0.0223. The summed E-state index contributed by atoms with van der Waals surface area (Å²) in [5.74, 6) is 0.416. The van der Waals surface area contributed by atoms with Gasteiger partial charge in [-0.05, 0) is 6.07 Å². The molecule has 5 heteroatoms. The lowest BCUT2D eigenvalue weighted by atomic mass is 9.80. The van der Waals surface area contributed by atoms with E-state index in [0.717, 1.165) is 0 Å². The summed E-state index contributed by atoms with van der Waals surface area (Å²) in [6.45, 7) is 0.0870. The van der Waals surface area contributed by atoms with Crippen molar-refractivity contribution in [2.75, 3.05) is 13.9 Å². The van der Waals surface area contributed by atoms with Crippen molar-refractivity contribution >= 4 is 12.6 Å². The fourth-order valence-electron chi connectivity index (χ4n) is 0.948. The lowest BCUT2D eigenvalue weighted by molar-refractivity contribution is 0.0517. The normalized spacial score (nSPS) is 9.77. The first kappa shape index (κ1) is 10.0. The van der Waals surface area contributed by atoms with Gasteiger partial charge >= 0.3 is 7.12 Å². The number of para-hydroxylation sites is 1. The number of hydrogen-bond acceptors (Lipinski definition) is 4. The molecule has 0 aliphatic heterocycles. The predicted molar refractivity (Wildman–Crippen MR) is 48.8 cm³/mol. The van der Waals surface area contributed by atoms with Crippen molar-refractivity contribution < 1.29 is 19.5 Å². The smallest absolute Gasteiger partial charge is 0.468 e. The molecule has 1 rings (SSSR count). The van der Waals surface area contributed by atoms with Gasteiger partial charge in [0.2, 0.25) is 0 Å². The van der Waals surface area contributed by atoms with E-state index in [-0.39, 0.29) is 6.79 Å². The molecule has 1 aromatic carbocycles. The maximum absolute atomic E-state index is 8.94. The Morgan fingerprint density at radius 1 is 1.31 bits per heavy atom. The molecule has 4 nitrogen and oxygen atoms in total. The summed E-state index contributed by atoms with van der Waals surface area (Å²) in [4.78, 5) is 0. The maximum Gasteiger partial charge on any atom is 0.492 e. The first-order chi connectivity index (χ1) is 6.25. The molecule has 0 heterocycles. The third kappa shape index (κ3) is 2.73. The number of rotatable bonds is 4. The Morgan fingerprint density at radius 2 is 2.00 bits per heavy atom. The van der Waals surface area contributed by atoms with Crippen molar-refractivity contribution in [3.63, 3.8) is 0 Å². The second kappa shape index (κ2) is 4.86. The van der Waals surface area contributed by atoms with E-state index in [1.54, 1.807) is 24.3 Å². The highest BCUT2D eigenvalue weighted by molar-refractivity contribution is 6.59. The van der Waals surface area contributed by atoms with E-state index in [1.807, 2.05) is 0 Å². The minimum Gasteiger partial charge on any atom is -0.468 e. The van der Waals surface area contributed by atoms with Gasteiger partial charge in [0, 0.05) is 12.6 Å². The Labute approximate surface area is 76.9 Å². The van der Waals surface area contributed by atoms with E-state index in [0.29, 0.717) is 11.2 Å². The van der Waals surface area contributed by atoms with Crippen molar-refractivity contribution in [2.45, 2.75) is 0 Å². The van der Waals surface area contributed by atoms with Gasteiger partial charge in [0.25, 0.3) is 0 Å². The largest absolute Gasteiger partial charge is 0.492 e. The highest BCUT2D eigenvalue weighted by Crippen LogP contribution is 2.06. The van der Waals surface area contributed by atoms with E-state index in [1.165, 1.54) is 7.11 Å². The lowest BCUT2D eigenvalue weighted by Gasteiger charge is -2.09. The molecule has 1 aromatic rings. The van der Waals surface area contributed by atoms with E-state index < -0.39 is 7.12 Å². The minimum atomic E-state index is -1.52. The van der Waals surface area contributed by atoms with Crippen LogP contribution in [0.2, 0.25) is 0 Å². The summed E-state index contributed by atoms with van der Waals surface area (Å²) >= 11 is 0. The summed E-state index contributed by atoms with van der Waals surface area (Å²) in [6, 6.07) is 6.68. The molecule has 0 fully saturated rings. The molecule has 2 N–H and O–H groups in total. The molecule has 70 valence electrons. The molecule has 0 unspecified atom stereocenters. The van der Waals surface area contributed by atoms with Crippen LogP contribution in [0.1, 0.15) is 0 Å². The van der Waals surface area contributed by atoms with E-state index >= 15 is 0 Å². The van der Waals surface area contributed by atoms with Gasteiger partial charge in [-0.3, -0.25) is 0 Å². The summed E-state index contributed by atoms with van der Waals surface area (Å²) in [5, 5.41) is 17.9. The molecular weight excluding hydrogens is 171 g/mol. The van der Waals surface area contributed by atoms with Crippen LogP contribution in [0, 0.1) is 0 Å². The minimum absolute atomic E-state index is 0.0870. The fourth-order valence-corrected chi connectivity index (χ4v) is 0.948. The van der Waals surface area contributed by atoms with E-state index in [4.69, 9.17) is 19.5 Å². The summed E-state index contributed by atoms with van der Waals surface area (Å²) < 4.78 is 9.80. The van der Waals surface area contributed by atoms with Crippen molar-refractivity contribution in [3.05, 3.63) is 24.3 Å². The van der Waals surface area contributed by atoms with Gasteiger partial charge in [-0.15, -0.1) is 0 Å². The van der Waals surface area contributed by atoms with Crippen LogP contribution >= 0.6 is 0 Å². The number of ether oxygens (including phenoxy) is 2. The topological polar surface area (TPSA) is 58.9 Å². The highest BCUT2D eigenvalue weighted by Gasteiger charge is 2.15. The number of benzene rings is 1. The average Bonchev–Trinajstić information content (AvgIpc) is 2.15. The zero-order valence-electron chi connectivity index (χ0n) is 7.30. The van der Waals surface area contributed by atoms with Crippen molar-refractivity contribution in [1.82, 2.24) is 0 Å². The third-order valence-electron chi connectivity index (χ3n) is 1.53. The lowest BCUT2D eigenvalue weighted by Crippen LogP contribution is -2.31. The molecular formula is C8H11BO4. The van der Waals surface area contributed by atoms with Crippen LogP contribution in [0.25, 0.3) is 0 Å². The zero-order chi connectivity index (χ0) is 9.68. The van der Waals surface area contributed by atoms with Crippen LogP contribution in [0.15, 0.2) is 24.3 Å². The van der Waals surface area contributed by atoms with Gasteiger partial charge in [0.05, 0.1) is 0 Å². The van der Waals surface area contributed by atoms with Crippen molar-refractivity contribution in [1.29, 1.82) is 0 Å². The van der Waals surface area contributed by atoms with Gasteiger partial charge < -0.3 is 19.5 Å². The molecule has 0 atom stereocenters. The molecule has 0 radical (unpaired) electrons. The Kier molecular flexibility index (Phi) is 3.76. The van der Waals surface area contributed by atoms with Crippen LogP contribution in [0.5, 0.6) is 5.75 Å². The van der Waals surface area contributed by atoms with Gasteiger partial charge in [0.1, 0.15) is 5.75 Å². The summed E-state index contributed by atoms with van der Waals surface area (Å²) in [6.07, 6.45) is 0. The Hall–Kier alpha value is -1.04. The molecule has 0 aromatic heterocycles. The maximum atomic E-state index is 8.94. The predicted octanol–water partition coefficient (Wildman–Crippen LogP) is -0.651. The van der Waals surface area contributed by atoms with Crippen LogP contribution in [-0.4, -0.2) is 31.1 Å². The van der Waals surface area contributed by atoms with Gasteiger partial charge in [-0.2, -0.15) is 0 Å². The van der Waals surface area contributed by atoms with Crippen LogP contribution in [0.4, 0.5) is 0 Å². The first-order valence-corrected chi connectivity index (χ1v) is 3.82. The highest BCUT2D eigenvalue weighted by atomic mass is 16.7. The molecule has 0 spiro atoms. The van der Waals surface area contributed by atoms with Crippen molar-refractivity contribution in [3.8, 4) is 5.75 Å². The molecule has 0 aliphatic carbocycles. The second-order valence-corrected chi connectivity index (χ2v) is 2.46. The van der Waals surface area contributed by atoms with Crippen LogP contribution in [-0.2, 0) is 4.74 Å². The zero-order valence-corrected chi connectivity index (χ0v) is 7.30. The monoisotopic (exact) mass is 182 g/mol. The molecule has 13 heavy (non-hydrogen) atoms. The van der Waals surface area contributed by atoms with Crippen LogP contribution < -0.4 is 10.2 Å². The third-order valence-corrected chi connectivity index (χ3v) is 1.53. The standard InChI is InChI=1S/C8H11BO4/c1-12-6-13-8-5-3-2-4-7(8)9(10)11/h2-5,10-11H,6H2,1H3. The second-order valence-electron chi connectivity index (χ2n) is 2.46. The first-order valence-electron chi connectivity index (χ1n) is 3.82.